The fraction of sp³-hybridized carbons (Fsp3) is 0.267. The number of rotatable bonds is 4. The Kier molecular flexibility index (Phi) is 4.39. The van der Waals surface area contributed by atoms with Gasteiger partial charge in [-0.3, -0.25) is 4.98 Å². The smallest absolute Gasteiger partial charge is 0.0603 e. The molecule has 0 radical (unpaired) electrons. The lowest BCUT2D eigenvalue weighted by Crippen LogP contribution is -2.19. The molecule has 0 saturated carbocycles. The van der Waals surface area contributed by atoms with Crippen molar-refractivity contribution in [1.29, 1.82) is 0 Å². The van der Waals surface area contributed by atoms with Gasteiger partial charge in [-0.1, -0.05) is 18.2 Å². The minimum atomic E-state index is 0.197. The van der Waals surface area contributed by atoms with E-state index in [0.29, 0.717) is 0 Å². The maximum absolute atomic E-state index is 4.25. The number of hydrogen-bond acceptors (Lipinski definition) is 3. The molecule has 0 bridgehead atoms. The highest BCUT2D eigenvalue weighted by atomic mass is 32.2. The highest BCUT2D eigenvalue weighted by Gasteiger charge is 2.16. The van der Waals surface area contributed by atoms with Gasteiger partial charge in [0.1, 0.15) is 0 Å². The second-order valence-electron chi connectivity index (χ2n) is 4.20. The molecule has 2 rings (SSSR count). The summed E-state index contributed by atoms with van der Waals surface area (Å²) >= 11 is 1.78. The Labute approximate surface area is 113 Å². The van der Waals surface area contributed by atoms with E-state index in [1.54, 1.807) is 11.8 Å². The Hall–Kier alpha value is -1.32. The summed E-state index contributed by atoms with van der Waals surface area (Å²) in [7, 11) is 1.99. The van der Waals surface area contributed by atoms with Crippen LogP contribution >= 0.6 is 11.8 Å². The summed E-state index contributed by atoms with van der Waals surface area (Å²) in [6, 6.07) is 10.8. The maximum Gasteiger partial charge on any atom is 0.0603 e. The van der Waals surface area contributed by atoms with Crippen molar-refractivity contribution < 1.29 is 0 Å². The standard InChI is InChI=1S/C15H18N2S/c1-11-8-9-17-10-13(11)15(16-2)12-6-4-5-7-14(12)18-3/h4-10,15-16H,1-3H3. The topological polar surface area (TPSA) is 24.9 Å². The summed E-state index contributed by atoms with van der Waals surface area (Å²) in [6.07, 6.45) is 5.90. The predicted molar refractivity (Wildman–Crippen MR) is 78.1 cm³/mol. The van der Waals surface area contributed by atoms with E-state index in [9.17, 15) is 0 Å². The van der Waals surface area contributed by atoms with E-state index >= 15 is 0 Å². The van der Waals surface area contributed by atoms with Crippen molar-refractivity contribution in [3.05, 3.63) is 59.4 Å². The molecule has 18 heavy (non-hydrogen) atoms. The molecule has 1 N–H and O–H groups in total. The van der Waals surface area contributed by atoms with Crippen LogP contribution in [0.2, 0.25) is 0 Å². The van der Waals surface area contributed by atoms with Crippen LogP contribution in [-0.2, 0) is 0 Å². The second-order valence-corrected chi connectivity index (χ2v) is 5.04. The van der Waals surface area contributed by atoms with Crippen LogP contribution in [0.3, 0.4) is 0 Å². The number of pyridine rings is 1. The van der Waals surface area contributed by atoms with Gasteiger partial charge in [-0.05, 0) is 49.1 Å². The van der Waals surface area contributed by atoms with Crippen molar-refractivity contribution in [3.63, 3.8) is 0 Å². The lowest BCUT2D eigenvalue weighted by molar-refractivity contribution is 0.673. The fourth-order valence-electron chi connectivity index (χ4n) is 2.16. The Morgan fingerprint density at radius 3 is 2.61 bits per heavy atom. The second kappa shape index (κ2) is 6.03. The van der Waals surface area contributed by atoms with Crippen LogP contribution in [0.5, 0.6) is 0 Å². The first-order valence-electron chi connectivity index (χ1n) is 5.98. The van der Waals surface area contributed by atoms with Crippen LogP contribution in [0.15, 0.2) is 47.6 Å². The van der Waals surface area contributed by atoms with Crippen molar-refractivity contribution in [2.75, 3.05) is 13.3 Å². The number of hydrogen-bond donors (Lipinski definition) is 1. The summed E-state index contributed by atoms with van der Waals surface area (Å²) in [4.78, 5) is 5.55. The van der Waals surface area contributed by atoms with Crippen LogP contribution in [-0.4, -0.2) is 18.3 Å². The highest BCUT2D eigenvalue weighted by molar-refractivity contribution is 7.98. The van der Waals surface area contributed by atoms with Crippen LogP contribution in [0.1, 0.15) is 22.7 Å². The van der Waals surface area contributed by atoms with Gasteiger partial charge in [-0.25, -0.2) is 0 Å². The summed E-state index contributed by atoms with van der Waals surface area (Å²) in [5, 5.41) is 3.40. The quantitative estimate of drug-likeness (QED) is 0.851. The summed E-state index contributed by atoms with van der Waals surface area (Å²) in [5.74, 6) is 0. The molecule has 0 aliphatic rings. The highest BCUT2D eigenvalue weighted by Crippen LogP contribution is 2.30. The minimum Gasteiger partial charge on any atom is -0.309 e. The fourth-order valence-corrected chi connectivity index (χ4v) is 2.80. The zero-order valence-corrected chi connectivity index (χ0v) is 11.8. The van der Waals surface area contributed by atoms with Crippen LogP contribution in [0.4, 0.5) is 0 Å². The molecular formula is C15H18N2S. The first kappa shape index (κ1) is 13.1. The Morgan fingerprint density at radius 2 is 1.94 bits per heavy atom. The number of aromatic nitrogens is 1. The zero-order chi connectivity index (χ0) is 13.0. The van der Waals surface area contributed by atoms with Crippen molar-refractivity contribution in [2.45, 2.75) is 17.9 Å². The van der Waals surface area contributed by atoms with Crippen LogP contribution in [0, 0.1) is 6.92 Å². The van der Waals surface area contributed by atoms with Gasteiger partial charge in [0.2, 0.25) is 0 Å². The van der Waals surface area contributed by atoms with Gasteiger partial charge in [0, 0.05) is 17.3 Å². The summed E-state index contributed by atoms with van der Waals surface area (Å²) in [5.41, 5.74) is 3.81. The molecule has 1 atom stereocenters. The minimum absolute atomic E-state index is 0.197. The van der Waals surface area contributed by atoms with E-state index in [1.807, 2.05) is 19.4 Å². The van der Waals surface area contributed by atoms with Gasteiger partial charge in [0.15, 0.2) is 0 Å². The van der Waals surface area contributed by atoms with Crippen molar-refractivity contribution in [3.8, 4) is 0 Å². The predicted octanol–water partition coefficient (Wildman–Crippen LogP) is 3.42. The normalized spacial score (nSPS) is 12.4. The molecule has 3 heteroatoms. The first-order valence-corrected chi connectivity index (χ1v) is 7.21. The Bertz CT molecular complexity index is 525. The lowest BCUT2D eigenvalue weighted by atomic mass is 9.97. The third kappa shape index (κ3) is 2.57. The molecule has 0 aliphatic heterocycles. The molecule has 1 unspecified atom stereocenters. The zero-order valence-electron chi connectivity index (χ0n) is 11.0. The number of nitrogens with one attached hydrogen (secondary N) is 1. The molecule has 0 spiro atoms. The SMILES string of the molecule is CNC(c1cnccc1C)c1ccccc1SC. The summed E-state index contributed by atoms with van der Waals surface area (Å²) in [6.45, 7) is 2.13. The van der Waals surface area contributed by atoms with Gasteiger partial charge < -0.3 is 5.32 Å². The first-order chi connectivity index (χ1) is 8.77. The van der Waals surface area contributed by atoms with Gasteiger partial charge in [-0.2, -0.15) is 0 Å². The average molecular weight is 258 g/mol. The largest absolute Gasteiger partial charge is 0.309 e. The van der Waals surface area contributed by atoms with Gasteiger partial charge in [-0.15, -0.1) is 11.8 Å². The molecule has 0 fully saturated rings. The summed E-state index contributed by atoms with van der Waals surface area (Å²) < 4.78 is 0. The van der Waals surface area contributed by atoms with Crippen molar-refractivity contribution >= 4 is 11.8 Å². The average Bonchev–Trinajstić information content (AvgIpc) is 2.42. The third-order valence-electron chi connectivity index (χ3n) is 3.13. The van der Waals surface area contributed by atoms with Crippen molar-refractivity contribution in [1.82, 2.24) is 10.3 Å². The molecule has 2 nitrogen and oxygen atoms in total. The molecular weight excluding hydrogens is 240 g/mol. The van der Waals surface area contributed by atoms with Crippen LogP contribution in [0.25, 0.3) is 0 Å². The monoisotopic (exact) mass is 258 g/mol. The van der Waals surface area contributed by atoms with E-state index in [-0.39, 0.29) is 6.04 Å². The van der Waals surface area contributed by atoms with E-state index < -0.39 is 0 Å². The third-order valence-corrected chi connectivity index (χ3v) is 3.94. The molecule has 94 valence electrons. The van der Waals surface area contributed by atoms with E-state index in [2.05, 4.69) is 53.8 Å². The molecule has 0 amide bonds. The van der Waals surface area contributed by atoms with Gasteiger partial charge >= 0.3 is 0 Å². The van der Waals surface area contributed by atoms with E-state index in [4.69, 9.17) is 0 Å². The number of thioether (sulfide) groups is 1. The van der Waals surface area contributed by atoms with Gasteiger partial charge in [0.25, 0.3) is 0 Å². The molecule has 1 aromatic heterocycles. The number of aryl methyl sites for hydroxylation is 1. The van der Waals surface area contributed by atoms with Gasteiger partial charge in [0.05, 0.1) is 6.04 Å². The molecule has 1 aromatic carbocycles. The molecule has 1 heterocycles. The van der Waals surface area contributed by atoms with Crippen LogP contribution < -0.4 is 5.32 Å². The Balaban J connectivity index is 2.49. The maximum atomic E-state index is 4.25. The molecule has 0 aliphatic carbocycles. The number of nitrogens with zero attached hydrogens (tertiary/aromatic N) is 1. The van der Waals surface area contributed by atoms with E-state index in [0.717, 1.165) is 0 Å². The molecule has 0 saturated heterocycles. The van der Waals surface area contributed by atoms with Crippen molar-refractivity contribution in [2.24, 2.45) is 0 Å². The van der Waals surface area contributed by atoms with E-state index in [1.165, 1.54) is 21.6 Å². The molecule has 2 aromatic rings. The Morgan fingerprint density at radius 1 is 1.17 bits per heavy atom. The number of benzene rings is 1. The lowest BCUT2D eigenvalue weighted by Gasteiger charge is -2.21.